The summed E-state index contributed by atoms with van der Waals surface area (Å²) in [6, 6.07) is 12.7. The van der Waals surface area contributed by atoms with Gasteiger partial charge in [-0.05, 0) is 68.1 Å². The summed E-state index contributed by atoms with van der Waals surface area (Å²) in [5.74, 6) is 1.19. The van der Waals surface area contributed by atoms with E-state index >= 15 is 0 Å². The van der Waals surface area contributed by atoms with E-state index in [1.807, 2.05) is 13.8 Å². The van der Waals surface area contributed by atoms with Crippen molar-refractivity contribution in [3.8, 4) is 0 Å². The van der Waals surface area contributed by atoms with Crippen molar-refractivity contribution in [1.82, 2.24) is 0 Å². The van der Waals surface area contributed by atoms with Crippen LogP contribution in [0.5, 0.6) is 0 Å². The maximum Gasteiger partial charge on any atom is 0.310 e. The van der Waals surface area contributed by atoms with Crippen LogP contribution in [0.15, 0.2) is 94.5 Å². The standard InChI is InChI=1S/C31H31BO3/c1-29(2,33)30(3,4)35-32-24-18-21-16-14-20-11-7-9-13-23(20)31(21,5)28-27(24)26-22-12-8-6-10-19(22)15-17-25(26)34-28/h6-18,23,32-33H,1-5H3. The Labute approximate surface area is 207 Å². The van der Waals surface area contributed by atoms with Crippen LogP contribution in [-0.4, -0.2) is 23.8 Å². The van der Waals surface area contributed by atoms with E-state index in [-0.39, 0.29) is 11.3 Å². The minimum absolute atomic E-state index is 0.199. The highest BCUT2D eigenvalue weighted by molar-refractivity contribution is 6.57. The van der Waals surface area contributed by atoms with Gasteiger partial charge in [-0.25, -0.2) is 0 Å². The van der Waals surface area contributed by atoms with E-state index in [4.69, 9.17) is 9.07 Å². The summed E-state index contributed by atoms with van der Waals surface area (Å²) in [6.45, 7) is 9.78. The van der Waals surface area contributed by atoms with Crippen molar-refractivity contribution in [3.05, 3.63) is 101 Å². The summed E-state index contributed by atoms with van der Waals surface area (Å²) in [5, 5.41) is 14.2. The molecule has 0 spiro atoms. The Bertz CT molecular complexity index is 1520. The van der Waals surface area contributed by atoms with Gasteiger partial charge in [0, 0.05) is 16.9 Å². The van der Waals surface area contributed by atoms with Gasteiger partial charge in [-0.1, -0.05) is 72.9 Å². The summed E-state index contributed by atoms with van der Waals surface area (Å²) < 4.78 is 13.2. The molecule has 3 aromatic rings. The van der Waals surface area contributed by atoms with Gasteiger partial charge >= 0.3 is 7.48 Å². The molecule has 176 valence electrons. The van der Waals surface area contributed by atoms with Crippen LogP contribution < -0.4 is 0 Å². The molecule has 0 amide bonds. The zero-order chi connectivity index (χ0) is 24.6. The molecule has 35 heavy (non-hydrogen) atoms. The summed E-state index contributed by atoms with van der Waals surface area (Å²) in [6.07, 6.45) is 15.5. The van der Waals surface area contributed by atoms with Crippen LogP contribution in [0.25, 0.3) is 27.2 Å². The van der Waals surface area contributed by atoms with Crippen molar-refractivity contribution in [1.29, 1.82) is 0 Å². The van der Waals surface area contributed by atoms with Crippen LogP contribution in [0.3, 0.4) is 0 Å². The SMILES string of the molecule is CC12C(=CC=C3C=CC=CC31)C=C(BOC(C)(C)C(C)(C)O)c1c2oc2ccc3ccccc3c12. The lowest BCUT2D eigenvalue weighted by Crippen LogP contribution is -2.48. The molecule has 2 atom stereocenters. The summed E-state index contributed by atoms with van der Waals surface area (Å²) in [7, 11) is 0.381. The highest BCUT2D eigenvalue weighted by atomic mass is 16.5. The maximum absolute atomic E-state index is 10.7. The smallest absolute Gasteiger partial charge is 0.310 e. The molecule has 0 radical (unpaired) electrons. The van der Waals surface area contributed by atoms with Crippen LogP contribution >= 0.6 is 0 Å². The zero-order valence-corrected chi connectivity index (χ0v) is 21.1. The van der Waals surface area contributed by atoms with E-state index in [9.17, 15) is 5.11 Å². The first-order valence-electron chi connectivity index (χ1n) is 12.4. The molecule has 1 heterocycles. The number of allylic oxidation sites excluding steroid dienone is 9. The topological polar surface area (TPSA) is 42.6 Å². The molecule has 0 fully saturated rings. The van der Waals surface area contributed by atoms with Crippen LogP contribution in [0, 0.1) is 5.92 Å². The molecule has 2 unspecified atom stereocenters. The fourth-order valence-electron chi connectivity index (χ4n) is 5.60. The average Bonchev–Trinajstić information content (AvgIpc) is 3.24. The number of furan rings is 1. The molecule has 3 aliphatic carbocycles. The fraction of sp³-hybridized carbons (Fsp3) is 0.290. The Morgan fingerprint density at radius 3 is 2.63 bits per heavy atom. The van der Waals surface area contributed by atoms with Gasteiger partial charge in [-0.2, -0.15) is 0 Å². The molecule has 0 bridgehead atoms. The minimum atomic E-state index is -0.980. The number of rotatable bonds is 4. The van der Waals surface area contributed by atoms with Gasteiger partial charge in [0.2, 0.25) is 0 Å². The van der Waals surface area contributed by atoms with Crippen LogP contribution in [-0.2, 0) is 10.1 Å². The van der Waals surface area contributed by atoms with Gasteiger partial charge in [0.15, 0.2) is 0 Å². The molecule has 3 nitrogen and oxygen atoms in total. The van der Waals surface area contributed by atoms with Crippen molar-refractivity contribution >= 4 is 34.7 Å². The van der Waals surface area contributed by atoms with Gasteiger partial charge in [0.25, 0.3) is 0 Å². The molecular weight excluding hydrogens is 431 g/mol. The molecule has 1 N–H and O–H groups in total. The molecule has 6 rings (SSSR count). The second-order valence-electron chi connectivity index (χ2n) is 11.2. The predicted octanol–water partition coefficient (Wildman–Crippen LogP) is 6.72. The summed E-state index contributed by atoms with van der Waals surface area (Å²) in [4.78, 5) is 0. The number of hydrogen-bond donors (Lipinski definition) is 1. The molecule has 3 aliphatic rings. The fourth-order valence-corrected chi connectivity index (χ4v) is 5.60. The van der Waals surface area contributed by atoms with Gasteiger partial charge < -0.3 is 14.2 Å². The Morgan fingerprint density at radius 1 is 1.03 bits per heavy atom. The zero-order valence-electron chi connectivity index (χ0n) is 21.1. The lowest BCUT2D eigenvalue weighted by atomic mass is 9.57. The number of fused-ring (bicyclic) bond motifs is 9. The molecule has 4 heteroatoms. The van der Waals surface area contributed by atoms with E-state index in [1.165, 1.54) is 21.9 Å². The van der Waals surface area contributed by atoms with E-state index in [0.717, 1.165) is 27.8 Å². The normalized spacial score (nSPS) is 23.4. The van der Waals surface area contributed by atoms with Crippen molar-refractivity contribution < 1.29 is 14.2 Å². The Hall–Kier alpha value is -3.08. The average molecular weight is 462 g/mol. The van der Waals surface area contributed by atoms with Crippen molar-refractivity contribution in [2.24, 2.45) is 5.92 Å². The third-order valence-electron chi connectivity index (χ3n) is 8.50. The van der Waals surface area contributed by atoms with Crippen LogP contribution in [0.1, 0.15) is 45.9 Å². The highest BCUT2D eigenvalue weighted by Gasteiger charge is 2.48. The molecular formula is C31H31BO3. The maximum atomic E-state index is 10.7. The first kappa shape index (κ1) is 22.4. The number of aliphatic hydroxyl groups is 1. The van der Waals surface area contributed by atoms with E-state index in [1.54, 1.807) is 13.8 Å². The largest absolute Gasteiger partial charge is 0.459 e. The highest BCUT2D eigenvalue weighted by Crippen LogP contribution is 2.55. The quantitative estimate of drug-likeness (QED) is 0.438. The number of hydrogen-bond acceptors (Lipinski definition) is 3. The van der Waals surface area contributed by atoms with Gasteiger partial charge in [0.05, 0.1) is 16.6 Å². The lowest BCUT2D eigenvalue weighted by Gasteiger charge is -2.43. The Kier molecular flexibility index (Phi) is 4.77. The molecule has 2 aromatic carbocycles. The van der Waals surface area contributed by atoms with Gasteiger partial charge in [-0.3, -0.25) is 0 Å². The minimum Gasteiger partial charge on any atom is -0.459 e. The van der Waals surface area contributed by atoms with Crippen molar-refractivity contribution in [2.75, 3.05) is 0 Å². The van der Waals surface area contributed by atoms with E-state index < -0.39 is 11.2 Å². The second kappa shape index (κ2) is 7.46. The Balaban J connectivity index is 1.61. The molecule has 0 aliphatic heterocycles. The third-order valence-corrected chi connectivity index (χ3v) is 8.50. The Morgan fingerprint density at radius 2 is 1.83 bits per heavy atom. The van der Waals surface area contributed by atoms with Crippen LogP contribution in [0.4, 0.5) is 0 Å². The predicted molar refractivity (Wildman–Crippen MR) is 146 cm³/mol. The van der Waals surface area contributed by atoms with Crippen molar-refractivity contribution in [3.63, 3.8) is 0 Å². The van der Waals surface area contributed by atoms with Gasteiger partial charge in [0.1, 0.15) is 11.3 Å². The summed E-state index contributed by atoms with van der Waals surface area (Å²) in [5.41, 5.74) is 3.61. The molecule has 0 saturated heterocycles. The van der Waals surface area contributed by atoms with Crippen LogP contribution in [0.2, 0.25) is 0 Å². The monoisotopic (exact) mass is 462 g/mol. The summed E-state index contributed by atoms with van der Waals surface area (Å²) >= 11 is 0. The lowest BCUT2D eigenvalue weighted by molar-refractivity contribution is -0.0892. The number of benzene rings is 2. The third kappa shape index (κ3) is 3.20. The first-order chi connectivity index (χ1) is 16.6. The molecule has 1 aromatic heterocycles. The first-order valence-corrected chi connectivity index (χ1v) is 12.4. The second-order valence-corrected chi connectivity index (χ2v) is 11.2. The van der Waals surface area contributed by atoms with E-state index in [2.05, 4.69) is 85.9 Å². The van der Waals surface area contributed by atoms with E-state index in [0.29, 0.717) is 7.48 Å². The molecule has 0 saturated carbocycles. The van der Waals surface area contributed by atoms with Crippen molar-refractivity contribution in [2.45, 2.75) is 51.2 Å². The van der Waals surface area contributed by atoms with Gasteiger partial charge in [-0.15, -0.1) is 0 Å².